The highest BCUT2D eigenvalue weighted by molar-refractivity contribution is 5.79. The van der Waals surface area contributed by atoms with Crippen LogP contribution in [0.1, 0.15) is 44.2 Å². The minimum Gasteiger partial charge on any atom is -0.494 e. The fraction of sp³-hybridized carbons (Fsp3) is 0.588. The van der Waals surface area contributed by atoms with Crippen LogP contribution in [0, 0.1) is 0 Å². The molecule has 1 aromatic rings. The Kier molecular flexibility index (Phi) is 5.23. The largest absolute Gasteiger partial charge is 0.494 e. The maximum absolute atomic E-state index is 11.7. The Morgan fingerprint density at radius 3 is 2.86 bits per heavy atom. The number of benzene rings is 1. The molecule has 4 heteroatoms. The van der Waals surface area contributed by atoms with E-state index in [2.05, 4.69) is 12.1 Å². The minimum atomic E-state index is -0.933. The van der Waals surface area contributed by atoms with Gasteiger partial charge in [-0.2, -0.15) is 0 Å². The van der Waals surface area contributed by atoms with Crippen molar-refractivity contribution < 1.29 is 14.3 Å². The van der Waals surface area contributed by atoms with E-state index in [0.717, 1.165) is 18.6 Å². The van der Waals surface area contributed by atoms with Crippen molar-refractivity contribution in [3.8, 4) is 5.75 Å². The molecule has 1 aliphatic carbocycles. The molecule has 2 N–H and O–H groups in total. The van der Waals surface area contributed by atoms with Crippen molar-refractivity contribution in [1.82, 2.24) is 0 Å². The Morgan fingerprint density at radius 2 is 2.10 bits per heavy atom. The molecule has 0 saturated heterocycles. The summed E-state index contributed by atoms with van der Waals surface area (Å²) in [7, 11) is 0. The first kappa shape index (κ1) is 15.8. The number of ether oxygens (including phenoxy) is 2. The fourth-order valence-electron chi connectivity index (χ4n) is 2.67. The van der Waals surface area contributed by atoms with Gasteiger partial charge in [-0.15, -0.1) is 0 Å². The summed E-state index contributed by atoms with van der Waals surface area (Å²) in [5, 5.41) is 0. The molecule has 4 nitrogen and oxygen atoms in total. The fourth-order valence-corrected chi connectivity index (χ4v) is 2.67. The molecule has 0 fully saturated rings. The average molecular weight is 291 g/mol. The molecule has 0 heterocycles. The maximum Gasteiger partial charge on any atom is 0.325 e. The van der Waals surface area contributed by atoms with Crippen molar-refractivity contribution in [3.05, 3.63) is 29.3 Å². The summed E-state index contributed by atoms with van der Waals surface area (Å²) >= 11 is 0. The first-order valence-corrected chi connectivity index (χ1v) is 7.73. The lowest BCUT2D eigenvalue weighted by molar-refractivity contribution is -0.149. The van der Waals surface area contributed by atoms with E-state index in [1.165, 1.54) is 24.0 Å². The van der Waals surface area contributed by atoms with Crippen LogP contribution in [-0.2, 0) is 22.4 Å². The zero-order valence-corrected chi connectivity index (χ0v) is 13.0. The van der Waals surface area contributed by atoms with Gasteiger partial charge in [0.1, 0.15) is 11.3 Å². The van der Waals surface area contributed by atoms with E-state index in [1.54, 1.807) is 13.8 Å². The number of hydrogen-bond acceptors (Lipinski definition) is 4. The lowest BCUT2D eigenvalue weighted by atomic mass is 9.98. The number of carbonyl (C=O) groups excluding carboxylic acids is 1. The van der Waals surface area contributed by atoms with Gasteiger partial charge in [-0.1, -0.05) is 6.07 Å². The molecule has 0 saturated carbocycles. The van der Waals surface area contributed by atoms with Gasteiger partial charge in [0, 0.05) is 0 Å². The Bertz CT molecular complexity index is 497. The van der Waals surface area contributed by atoms with Gasteiger partial charge in [0.25, 0.3) is 0 Å². The van der Waals surface area contributed by atoms with Gasteiger partial charge >= 0.3 is 5.97 Å². The van der Waals surface area contributed by atoms with Crippen molar-refractivity contribution in [2.24, 2.45) is 5.73 Å². The molecule has 0 aromatic heterocycles. The molecule has 1 aromatic carbocycles. The molecule has 1 atom stereocenters. The molecule has 1 aliphatic rings. The first-order chi connectivity index (χ1) is 10.0. The Morgan fingerprint density at radius 1 is 1.33 bits per heavy atom. The molecule has 21 heavy (non-hydrogen) atoms. The van der Waals surface area contributed by atoms with Crippen LogP contribution in [0.3, 0.4) is 0 Å². The highest BCUT2D eigenvalue weighted by atomic mass is 16.5. The number of esters is 1. The molecule has 1 unspecified atom stereocenters. The summed E-state index contributed by atoms with van der Waals surface area (Å²) in [6.45, 7) is 4.41. The van der Waals surface area contributed by atoms with Crippen LogP contribution in [0.5, 0.6) is 5.75 Å². The molecule has 2 rings (SSSR count). The third-order valence-corrected chi connectivity index (χ3v) is 3.92. The number of rotatable bonds is 7. The quantitative estimate of drug-likeness (QED) is 0.619. The van der Waals surface area contributed by atoms with E-state index in [1.807, 2.05) is 6.07 Å². The van der Waals surface area contributed by atoms with Crippen LogP contribution in [0.2, 0.25) is 0 Å². The summed E-state index contributed by atoms with van der Waals surface area (Å²) in [4.78, 5) is 11.7. The zero-order valence-electron chi connectivity index (χ0n) is 13.0. The highest BCUT2D eigenvalue weighted by Gasteiger charge is 2.29. The number of fused-ring (bicyclic) bond motifs is 1. The van der Waals surface area contributed by atoms with Crippen molar-refractivity contribution >= 4 is 5.97 Å². The van der Waals surface area contributed by atoms with Crippen molar-refractivity contribution in [2.45, 2.75) is 51.5 Å². The average Bonchev–Trinajstić information content (AvgIpc) is 2.91. The van der Waals surface area contributed by atoms with Gasteiger partial charge in [-0.25, -0.2) is 0 Å². The zero-order chi connectivity index (χ0) is 15.3. The van der Waals surface area contributed by atoms with Gasteiger partial charge in [0.05, 0.1) is 13.2 Å². The molecule has 0 amide bonds. The minimum absolute atomic E-state index is 0.345. The van der Waals surface area contributed by atoms with E-state index in [4.69, 9.17) is 15.2 Å². The Balaban J connectivity index is 1.76. The Hall–Kier alpha value is -1.55. The molecule has 0 spiro atoms. The van der Waals surface area contributed by atoms with Crippen LogP contribution < -0.4 is 10.5 Å². The van der Waals surface area contributed by atoms with Gasteiger partial charge in [0.15, 0.2) is 0 Å². The lowest BCUT2D eigenvalue weighted by Gasteiger charge is -2.22. The normalized spacial score (nSPS) is 16.1. The smallest absolute Gasteiger partial charge is 0.325 e. The van der Waals surface area contributed by atoms with Crippen molar-refractivity contribution in [1.29, 1.82) is 0 Å². The van der Waals surface area contributed by atoms with E-state index in [9.17, 15) is 4.79 Å². The molecule has 116 valence electrons. The maximum atomic E-state index is 11.7. The van der Waals surface area contributed by atoms with Crippen molar-refractivity contribution in [3.63, 3.8) is 0 Å². The second kappa shape index (κ2) is 6.94. The summed E-state index contributed by atoms with van der Waals surface area (Å²) in [5.74, 6) is 0.563. The van der Waals surface area contributed by atoms with Gasteiger partial charge in [0.2, 0.25) is 0 Å². The van der Waals surface area contributed by atoms with Gasteiger partial charge < -0.3 is 15.2 Å². The molecule has 0 bridgehead atoms. The number of aryl methyl sites for hydroxylation is 2. The number of nitrogens with two attached hydrogens (primary N) is 1. The predicted octanol–water partition coefficient (Wildman–Crippen LogP) is 2.61. The molecule has 0 radical (unpaired) electrons. The second-order valence-corrected chi connectivity index (χ2v) is 5.87. The van der Waals surface area contributed by atoms with Crippen LogP contribution in [-0.4, -0.2) is 24.7 Å². The second-order valence-electron chi connectivity index (χ2n) is 5.87. The molecule has 0 aliphatic heterocycles. The summed E-state index contributed by atoms with van der Waals surface area (Å²) in [5.41, 5.74) is 7.89. The van der Waals surface area contributed by atoms with E-state index < -0.39 is 5.54 Å². The van der Waals surface area contributed by atoms with Crippen LogP contribution in [0.4, 0.5) is 0 Å². The SMILES string of the molecule is CCOC(=O)C(C)(N)CCCOc1ccc2c(c1)CCC2. The van der Waals surface area contributed by atoms with Crippen LogP contribution in [0.15, 0.2) is 18.2 Å². The van der Waals surface area contributed by atoms with E-state index >= 15 is 0 Å². The van der Waals surface area contributed by atoms with Crippen molar-refractivity contribution in [2.75, 3.05) is 13.2 Å². The van der Waals surface area contributed by atoms with Gasteiger partial charge in [-0.3, -0.25) is 4.79 Å². The molecular weight excluding hydrogens is 266 g/mol. The monoisotopic (exact) mass is 291 g/mol. The number of carbonyl (C=O) groups is 1. The molecular formula is C17H25NO3. The van der Waals surface area contributed by atoms with Gasteiger partial charge in [-0.05, 0) is 69.2 Å². The standard InChI is InChI=1S/C17H25NO3/c1-3-20-16(19)17(2,18)10-5-11-21-15-9-8-13-6-4-7-14(13)12-15/h8-9,12H,3-7,10-11,18H2,1-2H3. The van der Waals surface area contributed by atoms with E-state index in [0.29, 0.717) is 19.6 Å². The third-order valence-electron chi connectivity index (χ3n) is 3.92. The van der Waals surface area contributed by atoms with E-state index in [-0.39, 0.29) is 5.97 Å². The highest BCUT2D eigenvalue weighted by Crippen LogP contribution is 2.26. The predicted molar refractivity (Wildman–Crippen MR) is 82.4 cm³/mol. The Labute approximate surface area is 126 Å². The lowest BCUT2D eigenvalue weighted by Crippen LogP contribution is -2.46. The first-order valence-electron chi connectivity index (χ1n) is 7.73. The topological polar surface area (TPSA) is 61.5 Å². The summed E-state index contributed by atoms with van der Waals surface area (Å²) in [6.07, 6.45) is 4.85. The summed E-state index contributed by atoms with van der Waals surface area (Å²) in [6, 6.07) is 6.32. The number of hydrogen-bond donors (Lipinski definition) is 1. The van der Waals surface area contributed by atoms with Crippen LogP contribution in [0.25, 0.3) is 0 Å². The van der Waals surface area contributed by atoms with Crippen LogP contribution >= 0.6 is 0 Å². The third kappa shape index (κ3) is 4.21. The summed E-state index contributed by atoms with van der Waals surface area (Å²) < 4.78 is 10.7.